The second-order valence-electron chi connectivity index (χ2n) is 5.92. The zero-order chi connectivity index (χ0) is 19.1. The number of hydrogen-bond acceptors (Lipinski definition) is 3. The van der Waals surface area contributed by atoms with Crippen LogP contribution in [0.15, 0.2) is 30.5 Å². The van der Waals surface area contributed by atoms with Crippen molar-refractivity contribution in [3.8, 4) is 17.0 Å². The van der Waals surface area contributed by atoms with Gasteiger partial charge >= 0.3 is 6.18 Å². The van der Waals surface area contributed by atoms with Gasteiger partial charge in [0.1, 0.15) is 5.75 Å². The molecule has 0 saturated heterocycles. The first kappa shape index (κ1) is 18.5. The number of halogens is 4. The highest BCUT2D eigenvalue weighted by Gasteiger charge is 2.32. The van der Waals surface area contributed by atoms with E-state index in [9.17, 15) is 13.2 Å². The fraction of sp³-hybridized carbons (Fsp3) is 0.278. The standard InChI is InChI=1S/C18H17ClF3N3O/c1-10-3-4-15(26-2)12(7-10)16-14(5-6-23)24-17-13(19)8-11(9-25(16)17)18(20,21)22/h3-4,7-9H,5-6,23H2,1-2H3. The summed E-state index contributed by atoms with van der Waals surface area (Å²) in [6.45, 7) is 2.19. The minimum absolute atomic E-state index is 0.0732. The fourth-order valence-corrected chi connectivity index (χ4v) is 3.16. The maximum Gasteiger partial charge on any atom is 0.417 e. The van der Waals surface area contributed by atoms with Crippen LogP contribution in [0.2, 0.25) is 5.02 Å². The third-order valence-corrected chi connectivity index (χ3v) is 4.34. The molecule has 4 nitrogen and oxygen atoms in total. The molecule has 0 atom stereocenters. The van der Waals surface area contributed by atoms with E-state index in [2.05, 4.69) is 4.98 Å². The van der Waals surface area contributed by atoms with E-state index in [0.29, 0.717) is 35.7 Å². The van der Waals surface area contributed by atoms with E-state index < -0.39 is 11.7 Å². The normalized spacial score (nSPS) is 12.0. The quantitative estimate of drug-likeness (QED) is 0.722. The van der Waals surface area contributed by atoms with Gasteiger partial charge in [-0.25, -0.2) is 4.98 Å². The molecule has 2 heterocycles. The Hall–Kier alpha value is -2.25. The molecule has 0 amide bonds. The number of nitrogens with zero attached hydrogens (tertiary/aromatic N) is 2. The van der Waals surface area contributed by atoms with Crippen molar-refractivity contribution in [3.05, 3.63) is 52.3 Å². The number of ether oxygens (including phenoxy) is 1. The predicted octanol–water partition coefficient (Wildman–Crippen LogP) is 4.49. The van der Waals surface area contributed by atoms with E-state index >= 15 is 0 Å². The largest absolute Gasteiger partial charge is 0.496 e. The maximum absolute atomic E-state index is 13.3. The Morgan fingerprint density at radius 1 is 1.27 bits per heavy atom. The van der Waals surface area contributed by atoms with Gasteiger partial charge in [0, 0.05) is 18.2 Å². The third-order valence-electron chi connectivity index (χ3n) is 4.07. The predicted molar refractivity (Wildman–Crippen MR) is 94.7 cm³/mol. The Kier molecular flexibility index (Phi) is 4.86. The van der Waals surface area contributed by atoms with Crippen LogP contribution >= 0.6 is 11.6 Å². The number of imidazole rings is 1. The zero-order valence-electron chi connectivity index (χ0n) is 14.2. The number of fused-ring (bicyclic) bond motifs is 1. The molecule has 0 aliphatic heterocycles. The summed E-state index contributed by atoms with van der Waals surface area (Å²) in [5, 5.41) is -0.0732. The summed E-state index contributed by atoms with van der Waals surface area (Å²) in [4.78, 5) is 4.43. The summed E-state index contributed by atoms with van der Waals surface area (Å²) in [5.74, 6) is 0.532. The van der Waals surface area contributed by atoms with E-state index in [1.165, 1.54) is 11.5 Å². The molecule has 0 fully saturated rings. The first-order valence-electron chi connectivity index (χ1n) is 7.89. The summed E-state index contributed by atoms with van der Waals surface area (Å²) in [5.41, 5.74) is 7.72. The van der Waals surface area contributed by atoms with Gasteiger partial charge in [-0.05, 0) is 31.7 Å². The molecule has 2 N–H and O–H groups in total. The van der Waals surface area contributed by atoms with Crippen molar-refractivity contribution >= 4 is 17.2 Å². The lowest BCUT2D eigenvalue weighted by molar-refractivity contribution is -0.137. The van der Waals surface area contributed by atoms with Gasteiger partial charge in [0.15, 0.2) is 5.65 Å². The molecule has 3 rings (SSSR count). The van der Waals surface area contributed by atoms with Crippen molar-refractivity contribution in [1.29, 1.82) is 0 Å². The number of aryl methyl sites for hydroxylation is 1. The number of nitrogens with two attached hydrogens (primary N) is 1. The van der Waals surface area contributed by atoms with Gasteiger partial charge in [0.2, 0.25) is 0 Å². The van der Waals surface area contributed by atoms with Crippen LogP contribution in [-0.4, -0.2) is 23.0 Å². The maximum atomic E-state index is 13.3. The van der Waals surface area contributed by atoms with Gasteiger partial charge in [-0.15, -0.1) is 0 Å². The number of rotatable bonds is 4. The first-order chi connectivity index (χ1) is 12.3. The minimum Gasteiger partial charge on any atom is -0.496 e. The number of aromatic nitrogens is 2. The fourth-order valence-electron chi connectivity index (χ4n) is 2.91. The van der Waals surface area contributed by atoms with Crippen molar-refractivity contribution < 1.29 is 17.9 Å². The molecule has 1 aromatic carbocycles. The topological polar surface area (TPSA) is 52.5 Å². The lowest BCUT2D eigenvalue weighted by atomic mass is 10.0. The van der Waals surface area contributed by atoms with E-state index in [1.807, 2.05) is 19.1 Å². The number of benzene rings is 1. The summed E-state index contributed by atoms with van der Waals surface area (Å²) < 4.78 is 46.5. The van der Waals surface area contributed by atoms with Crippen molar-refractivity contribution in [2.75, 3.05) is 13.7 Å². The van der Waals surface area contributed by atoms with Crippen LogP contribution < -0.4 is 10.5 Å². The molecule has 0 bridgehead atoms. The summed E-state index contributed by atoms with van der Waals surface area (Å²) >= 11 is 6.10. The van der Waals surface area contributed by atoms with Crippen molar-refractivity contribution in [1.82, 2.24) is 9.38 Å². The highest BCUT2D eigenvalue weighted by molar-refractivity contribution is 6.33. The van der Waals surface area contributed by atoms with Crippen LogP contribution in [0.25, 0.3) is 16.9 Å². The highest BCUT2D eigenvalue weighted by atomic mass is 35.5. The van der Waals surface area contributed by atoms with Crippen LogP contribution in [0, 0.1) is 6.92 Å². The highest BCUT2D eigenvalue weighted by Crippen LogP contribution is 2.38. The smallest absolute Gasteiger partial charge is 0.417 e. The Morgan fingerprint density at radius 2 is 2.00 bits per heavy atom. The molecule has 8 heteroatoms. The minimum atomic E-state index is -4.52. The molecule has 0 aliphatic carbocycles. The zero-order valence-corrected chi connectivity index (χ0v) is 14.9. The average molecular weight is 384 g/mol. The van der Waals surface area contributed by atoms with Gasteiger partial charge in [-0.2, -0.15) is 13.2 Å². The Bertz CT molecular complexity index is 966. The summed E-state index contributed by atoms with van der Waals surface area (Å²) in [6, 6.07) is 6.36. The first-order valence-corrected chi connectivity index (χ1v) is 8.26. The van der Waals surface area contributed by atoms with Crippen LogP contribution in [0.3, 0.4) is 0 Å². The Morgan fingerprint density at radius 3 is 2.62 bits per heavy atom. The van der Waals surface area contributed by atoms with Gasteiger partial charge in [0.05, 0.1) is 29.1 Å². The lowest BCUT2D eigenvalue weighted by Gasteiger charge is -2.13. The molecular formula is C18H17ClF3N3O. The summed E-state index contributed by atoms with van der Waals surface area (Å²) in [6.07, 6.45) is -3.12. The Balaban J connectivity index is 2.41. The average Bonchev–Trinajstić information content (AvgIpc) is 2.93. The van der Waals surface area contributed by atoms with Crippen LogP contribution in [-0.2, 0) is 12.6 Å². The lowest BCUT2D eigenvalue weighted by Crippen LogP contribution is -2.07. The molecule has 138 valence electrons. The van der Waals surface area contributed by atoms with Crippen molar-refractivity contribution in [2.45, 2.75) is 19.5 Å². The van der Waals surface area contributed by atoms with Gasteiger partial charge < -0.3 is 10.5 Å². The molecule has 0 saturated carbocycles. The van der Waals surface area contributed by atoms with Crippen molar-refractivity contribution in [3.63, 3.8) is 0 Å². The van der Waals surface area contributed by atoms with E-state index in [-0.39, 0.29) is 10.7 Å². The number of methoxy groups -OCH3 is 1. The van der Waals surface area contributed by atoms with Gasteiger partial charge in [0.25, 0.3) is 0 Å². The second-order valence-corrected chi connectivity index (χ2v) is 6.32. The molecule has 0 spiro atoms. The van der Waals surface area contributed by atoms with E-state index in [4.69, 9.17) is 22.1 Å². The summed E-state index contributed by atoms with van der Waals surface area (Å²) in [7, 11) is 1.51. The van der Waals surface area contributed by atoms with Gasteiger partial charge in [-0.3, -0.25) is 4.40 Å². The molecule has 26 heavy (non-hydrogen) atoms. The van der Waals surface area contributed by atoms with Crippen LogP contribution in [0.5, 0.6) is 5.75 Å². The van der Waals surface area contributed by atoms with Crippen LogP contribution in [0.4, 0.5) is 13.2 Å². The third kappa shape index (κ3) is 3.24. The monoisotopic (exact) mass is 383 g/mol. The molecule has 3 aromatic rings. The molecular weight excluding hydrogens is 367 g/mol. The molecule has 0 aliphatic rings. The molecule has 0 radical (unpaired) electrons. The van der Waals surface area contributed by atoms with E-state index in [1.54, 1.807) is 6.07 Å². The molecule has 2 aromatic heterocycles. The van der Waals surface area contributed by atoms with E-state index in [0.717, 1.165) is 17.8 Å². The SMILES string of the molecule is COc1ccc(C)cc1-c1c(CCN)nc2c(Cl)cc(C(F)(F)F)cn12. The number of alkyl halides is 3. The Labute approximate surface area is 153 Å². The van der Waals surface area contributed by atoms with Gasteiger partial charge in [-0.1, -0.05) is 23.2 Å². The number of pyridine rings is 1. The van der Waals surface area contributed by atoms with Crippen LogP contribution in [0.1, 0.15) is 16.8 Å². The van der Waals surface area contributed by atoms with Crippen molar-refractivity contribution in [2.24, 2.45) is 5.73 Å². The number of hydrogen-bond donors (Lipinski definition) is 1. The molecule has 0 unspecified atom stereocenters. The second kappa shape index (κ2) is 6.81.